The fourth-order valence-corrected chi connectivity index (χ4v) is 11.1. The van der Waals surface area contributed by atoms with E-state index in [1.165, 1.54) is 111 Å². The molecule has 60 heavy (non-hydrogen) atoms. The fraction of sp³-hybridized carbons (Fsp3) is 0.250. The zero-order chi connectivity index (χ0) is 42.3. The van der Waals surface area contributed by atoms with E-state index in [-0.39, 0.29) is 12.1 Å². The van der Waals surface area contributed by atoms with Crippen LogP contribution in [0.25, 0.3) is 22.3 Å². The highest BCUT2D eigenvalue weighted by molar-refractivity contribution is 5.91. The predicted molar refractivity (Wildman–Crippen MR) is 253 cm³/mol. The molecule has 0 radical (unpaired) electrons. The van der Waals surface area contributed by atoms with E-state index in [1.54, 1.807) is 0 Å². The van der Waals surface area contributed by atoms with Gasteiger partial charge in [-0.2, -0.15) is 0 Å². The molecule has 2 atom stereocenters. The van der Waals surface area contributed by atoms with Crippen LogP contribution in [0.5, 0.6) is 0 Å². The number of rotatable bonds is 4. The second kappa shape index (κ2) is 14.8. The van der Waals surface area contributed by atoms with E-state index in [1.807, 2.05) is 0 Å². The molecule has 4 heteroatoms. The van der Waals surface area contributed by atoms with Crippen LogP contribution in [0.2, 0.25) is 0 Å². The molecule has 4 N–H and O–H groups in total. The Morgan fingerprint density at radius 2 is 0.650 bits per heavy atom. The Balaban J connectivity index is 1.42. The number of allylic oxidation sites excluding steroid dienone is 2. The Labute approximate surface area is 356 Å². The first kappa shape index (κ1) is 39.2. The number of fused-ring (bicyclic) bond motifs is 8. The van der Waals surface area contributed by atoms with Crippen molar-refractivity contribution < 1.29 is 0 Å². The molecule has 2 unspecified atom stereocenters. The molecule has 8 bridgehead atoms. The molecule has 0 saturated carbocycles. The van der Waals surface area contributed by atoms with Crippen LogP contribution < -0.4 is 21.3 Å². The van der Waals surface area contributed by atoms with Gasteiger partial charge < -0.3 is 20.6 Å². The summed E-state index contributed by atoms with van der Waals surface area (Å²) in [4.78, 5) is 8.12. The lowest BCUT2D eigenvalue weighted by Gasteiger charge is -2.23. The van der Waals surface area contributed by atoms with E-state index in [4.69, 9.17) is 0 Å². The topological polar surface area (TPSA) is 55.6 Å². The summed E-state index contributed by atoms with van der Waals surface area (Å²) in [6.45, 7) is 26.8. The van der Waals surface area contributed by atoms with E-state index in [0.29, 0.717) is 0 Å². The van der Waals surface area contributed by atoms with Crippen molar-refractivity contribution >= 4 is 22.3 Å². The van der Waals surface area contributed by atoms with Crippen molar-refractivity contribution in [3.8, 4) is 0 Å². The van der Waals surface area contributed by atoms with Crippen molar-refractivity contribution in [1.82, 2.24) is 20.6 Å². The van der Waals surface area contributed by atoms with E-state index in [2.05, 4.69) is 201 Å². The van der Waals surface area contributed by atoms with Gasteiger partial charge in [0.15, 0.2) is 0 Å². The SMILES string of the molecule is Cc1cc(C)c(/C2=C3\C=CC(N3)/C(c3c(C)cc(C)cc3C)=c3/cc/c([nH]3)=C(\c3c(C)cc(C)cc3C)C3C=C/C(=C(\c4c(C)cc(C)cc4C)c4ccc2[nH]4)N3)c(C)c1. The minimum absolute atomic E-state index is 0.0780. The number of nitrogens with one attached hydrogen (secondary N) is 4. The zero-order valence-corrected chi connectivity index (χ0v) is 37.4. The molecule has 6 aromatic rings. The lowest BCUT2D eigenvalue weighted by molar-refractivity contribution is 0.847. The summed E-state index contributed by atoms with van der Waals surface area (Å²) in [5, 5.41) is 10.5. The summed E-state index contributed by atoms with van der Waals surface area (Å²) in [5.41, 5.74) is 29.6. The molecule has 0 amide bonds. The third-order valence-electron chi connectivity index (χ3n) is 12.9. The van der Waals surface area contributed by atoms with Crippen molar-refractivity contribution in [3.05, 3.63) is 220 Å². The Bertz CT molecular complexity index is 2760. The average molecular weight is 787 g/mol. The van der Waals surface area contributed by atoms with Crippen molar-refractivity contribution in [3.63, 3.8) is 0 Å². The molecular formula is C56H58N4. The molecule has 3 aliphatic rings. The molecule has 5 heterocycles. The van der Waals surface area contributed by atoms with Gasteiger partial charge in [-0.1, -0.05) is 82.9 Å². The smallest absolute Gasteiger partial charge is 0.0728 e. The van der Waals surface area contributed by atoms with Crippen molar-refractivity contribution in [2.24, 2.45) is 0 Å². The van der Waals surface area contributed by atoms with Gasteiger partial charge in [0.2, 0.25) is 0 Å². The molecule has 4 aromatic carbocycles. The number of aromatic nitrogens is 2. The normalized spacial score (nSPS) is 21.5. The Morgan fingerprint density at radius 3 is 0.967 bits per heavy atom. The van der Waals surface area contributed by atoms with Gasteiger partial charge in [-0.15, -0.1) is 0 Å². The highest BCUT2D eigenvalue weighted by Crippen LogP contribution is 2.40. The maximum absolute atomic E-state index is 4.12. The first-order valence-electron chi connectivity index (χ1n) is 21.5. The molecule has 302 valence electrons. The second-order valence-electron chi connectivity index (χ2n) is 18.0. The summed E-state index contributed by atoms with van der Waals surface area (Å²) < 4.78 is 0. The monoisotopic (exact) mass is 786 g/mol. The fourth-order valence-electron chi connectivity index (χ4n) is 11.1. The zero-order valence-electron chi connectivity index (χ0n) is 37.4. The highest BCUT2D eigenvalue weighted by Gasteiger charge is 2.30. The van der Waals surface area contributed by atoms with Gasteiger partial charge >= 0.3 is 0 Å². The van der Waals surface area contributed by atoms with Crippen molar-refractivity contribution in [1.29, 1.82) is 0 Å². The molecule has 0 saturated heterocycles. The summed E-state index contributed by atoms with van der Waals surface area (Å²) in [7, 11) is 0. The van der Waals surface area contributed by atoms with Gasteiger partial charge in [-0.3, -0.25) is 0 Å². The quantitative estimate of drug-likeness (QED) is 0.144. The highest BCUT2D eigenvalue weighted by atomic mass is 15.0. The third kappa shape index (κ3) is 6.63. The van der Waals surface area contributed by atoms with E-state index in [0.717, 1.165) is 33.5 Å². The molecule has 0 aliphatic carbocycles. The molecule has 9 rings (SSSR count). The molecular weight excluding hydrogens is 729 g/mol. The summed E-state index contributed by atoms with van der Waals surface area (Å²) >= 11 is 0. The maximum Gasteiger partial charge on any atom is 0.0728 e. The minimum atomic E-state index is -0.0780. The molecule has 4 nitrogen and oxygen atoms in total. The summed E-state index contributed by atoms with van der Waals surface area (Å²) in [6, 6.07) is 27.6. The minimum Gasteiger partial charge on any atom is -0.374 e. The first-order chi connectivity index (χ1) is 28.7. The molecule has 2 aromatic heterocycles. The summed E-state index contributed by atoms with van der Waals surface area (Å²) in [6.07, 6.45) is 9.36. The molecule has 3 aliphatic heterocycles. The Kier molecular flexibility index (Phi) is 9.66. The van der Waals surface area contributed by atoms with Gasteiger partial charge in [0.05, 0.1) is 12.1 Å². The number of hydrogen-bond donors (Lipinski definition) is 4. The Morgan fingerprint density at radius 1 is 0.350 bits per heavy atom. The van der Waals surface area contributed by atoms with Crippen LogP contribution in [0.4, 0.5) is 0 Å². The largest absolute Gasteiger partial charge is 0.374 e. The van der Waals surface area contributed by atoms with Crippen LogP contribution in [0.15, 0.2) is 108 Å². The van der Waals surface area contributed by atoms with E-state index >= 15 is 0 Å². The van der Waals surface area contributed by atoms with Crippen molar-refractivity contribution in [2.75, 3.05) is 0 Å². The van der Waals surface area contributed by atoms with Crippen molar-refractivity contribution in [2.45, 2.75) is 95.2 Å². The molecule has 0 fully saturated rings. The van der Waals surface area contributed by atoms with Crippen LogP contribution in [-0.2, 0) is 0 Å². The lowest BCUT2D eigenvalue weighted by Crippen LogP contribution is -2.32. The van der Waals surface area contributed by atoms with E-state index in [9.17, 15) is 0 Å². The predicted octanol–water partition coefficient (Wildman–Crippen LogP) is 10.7. The number of benzene rings is 4. The standard InChI is InChI=1S/C56H58N4/c1-29-21-33(5)49(34(6)22-29)53-41-13-15-43(57-41)54(50-35(7)23-30(2)24-36(50)8)45-17-19-47(59-45)56(52-39(11)27-32(4)28-40(52)12)48-20-18-46(60-48)55(44-16-14-42(53)58-44)51-37(9)25-31(3)26-38(51)10/h13-28,41,46,57-60H,1-12H3/b53-42+,54-43+,55-44+,56-48+. The van der Waals surface area contributed by atoms with Gasteiger partial charge in [-0.25, -0.2) is 0 Å². The van der Waals surface area contributed by atoms with Crippen LogP contribution in [0.3, 0.4) is 0 Å². The van der Waals surface area contributed by atoms with Crippen LogP contribution in [0.1, 0.15) is 100 Å². The van der Waals surface area contributed by atoms with Crippen LogP contribution in [-0.4, -0.2) is 22.1 Å². The molecule has 0 spiro atoms. The Hall–Kier alpha value is -6.26. The van der Waals surface area contributed by atoms with Gasteiger partial charge in [0, 0.05) is 55.8 Å². The first-order valence-corrected chi connectivity index (χ1v) is 21.5. The maximum atomic E-state index is 4.12. The van der Waals surface area contributed by atoms with Crippen LogP contribution in [0, 0.1) is 83.1 Å². The number of H-pyrrole nitrogens is 2. The third-order valence-corrected chi connectivity index (χ3v) is 12.9. The van der Waals surface area contributed by atoms with Gasteiger partial charge in [0.1, 0.15) is 0 Å². The average Bonchev–Trinajstić information content (AvgIpc) is 3.99. The number of aryl methyl sites for hydroxylation is 12. The number of hydrogen-bond acceptors (Lipinski definition) is 2. The second-order valence-corrected chi connectivity index (χ2v) is 18.0. The number of aromatic amines is 2. The van der Waals surface area contributed by atoms with Gasteiger partial charge in [-0.05, 0) is 186 Å². The van der Waals surface area contributed by atoms with Crippen LogP contribution >= 0.6 is 0 Å². The summed E-state index contributed by atoms with van der Waals surface area (Å²) in [5.74, 6) is 0. The van der Waals surface area contributed by atoms with Gasteiger partial charge in [0.25, 0.3) is 0 Å². The van der Waals surface area contributed by atoms with E-state index < -0.39 is 0 Å². The lowest BCUT2D eigenvalue weighted by atomic mass is 9.89.